The molecule has 1 saturated heterocycles. The van der Waals surface area contributed by atoms with Gasteiger partial charge in [0.25, 0.3) is 10.2 Å². The maximum absolute atomic E-state index is 14.7. The Balaban J connectivity index is 1.29. The van der Waals surface area contributed by atoms with Gasteiger partial charge in [0.05, 0.1) is 46.3 Å². The van der Waals surface area contributed by atoms with Crippen LogP contribution in [0.25, 0.3) is 0 Å². The average molecular weight is 698 g/mol. The van der Waals surface area contributed by atoms with Crippen molar-refractivity contribution in [3.05, 3.63) is 59.2 Å². The molecule has 0 radical (unpaired) electrons. The Kier molecular flexibility index (Phi) is 7.57. The number of para-hydroxylation sites is 1. The number of epoxide rings is 1. The van der Waals surface area contributed by atoms with Crippen molar-refractivity contribution in [2.45, 2.75) is 119 Å². The summed E-state index contributed by atoms with van der Waals surface area (Å²) in [4.78, 5) is 1.90. The number of hydrogen-bond donors (Lipinski definition) is 2. The minimum atomic E-state index is -4.31. The second-order valence-electron chi connectivity index (χ2n) is 16.0. The van der Waals surface area contributed by atoms with Crippen molar-refractivity contribution in [1.82, 2.24) is 9.44 Å². The highest BCUT2D eigenvalue weighted by Crippen LogP contribution is 2.57. The zero-order valence-electron chi connectivity index (χ0n) is 28.2. The number of nitrogens with one attached hydrogen (secondary N) is 2. The number of anilines is 2. The highest BCUT2D eigenvalue weighted by molar-refractivity contribution is 7.93. The van der Waals surface area contributed by atoms with E-state index in [0.717, 1.165) is 23.2 Å². The number of rotatable bonds is 9. The van der Waals surface area contributed by atoms with E-state index in [4.69, 9.17) is 4.74 Å². The summed E-state index contributed by atoms with van der Waals surface area (Å²) >= 11 is 0. The van der Waals surface area contributed by atoms with Gasteiger partial charge in [-0.2, -0.15) is 23.1 Å². The molecule has 10 nitrogen and oxygen atoms in total. The van der Waals surface area contributed by atoms with E-state index in [1.807, 2.05) is 42.3 Å². The summed E-state index contributed by atoms with van der Waals surface area (Å²) in [5, 5.41) is 10.6. The summed E-state index contributed by atoms with van der Waals surface area (Å²) in [6.45, 7) is 10.6. The van der Waals surface area contributed by atoms with Crippen LogP contribution in [0.2, 0.25) is 25.7 Å². The van der Waals surface area contributed by atoms with Gasteiger partial charge in [-0.05, 0) is 75.3 Å². The molecule has 7 rings (SSSR count). The Morgan fingerprint density at radius 3 is 2.28 bits per heavy atom. The minimum absolute atomic E-state index is 0.0213. The Morgan fingerprint density at radius 1 is 0.957 bits per heavy atom. The van der Waals surface area contributed by atoms with Crippen LogP contribution in [0, 0.1) is 11.3 Å². The van der Waals surface area contributed by atoms with Crippen LogP contribution >= 0.6 is 0 Å². The maximum Gasteiger partial charge on any atom is 0.278 e. The molecule has 1 saturated carbocycles. The smallest absolute Gasteiger partial charge is 0.278 e. The molecular weight excluding hydrogens is 651 g/mol. The summed E-state index contributed by atoms with van der Waals surface area (Å²) in [5.41, 5.74) is 1.42. The van der Waals surface area contributed by atoms with E-state index in [0.29, 0.717) is 49.4 Å². The monoisotopic (exact) mass is 697 g/mol. The van der Waals surface area contributed by atoms with Crippen molar-refractivity contribution in [3.63, 3.8) is 0 Å². The summed E-state index contributed by atoms with van der Waals surface area (Å²) in [6.07, 6.45) is 3.71. The standard InChI is InChI=1S/C34H47N5O5S2Si/c1-32(2)31(44-32)24-13-10-19-34(29(22-35)38(3)27-16-9-12-23(24)30(27)34)37-46(42,43)36-33-18-11-17-28(33)39(26-15-8-7-14-25(26)33)45(40,41)20-21-47(4,5)6/h7-9,12,14-16,24,28-29,31,36-37H,10-11,13,17-21H2,1-6H3/t24-,28+,29+,31+,33-,34+/m0/s1. The molecule has 2 aromatic rings. The number of likely N-dealkylation sites (N-methyl/N-ethyl adjacent to an activating group) is 1. The van der Waals surface area contributed by atoms with E-state index >= 15 is 0 Å². The van der Waals surface area contributed by atoms with Gasteiger partial charge in [0.15, 0.2) is 0 Å². The molecule has 0 unspecified atom stereocenters. The van der Waals surface area contributed by atoms with Gasteiger partial charge >= 0.3 is 0 Å². The number of benzene rings is 2. The first-order valence-electron chi connectivity index (χ1n) is 16.8. The molecule has 2 fully saturated rings. The normalized spacial score (nSPS) is 32.4. The molecule has 6 atom stereocenters. The van der Waals surface area contributed by atoms with E-state index < -0.39 is 51.5 Å². The summed E-state index contributed by atoms with van der Waals surface area (Å²) in [5.74, 6) is 0.121. The van der Waals surface area contributed by atoms with Crippen LogP contribution in [0.1, 0.15) is 75.0 Å². The predicted molar refractivity (Wildman–Crippen MR) is 187 cm³/mol. The third-order valence-electron chi connectivity index (χ3n) is 11.4. The fourth-order valence-electron chi connectivity index (χ4n) is 9.19. The lowest BCUT2D eigenvalue weighted by Gasteiger charge is -2.38. The number of nitrogens with zero attached hydrogens (tertiary/aromatic N) is 3. The van der Waals surface area contributed by atoms with E-state index in [-0.39, 0.29) is 23.4 Å². The summed E-state index contributed by atoms with van der Waals surface area (Å²) < 4.78 is 71.3. The van der Waals surface area contributed by atoms with Gasteiger partial charge in [-0.3, -0.25) is 4.31 Å². The largest absolute Gasteiger partial charge is 0.366 e. The van der Waals surface area contributed by atoms with Crippen molar-refractivity contribution < 1.29 is 21.6 Å². The van der Waals surface area contributed by atoms with E-state index in [9.17, 15) is 22.1 Å². The topological polar surface area (TPSA) is 135 Å². The Bertz CT molecular complexity index is 1870. The highest BCUT2D eigenvalue weighted by atomic mass is 32.2. The molecule has 0 bridgehead atoms. The van der Waals surface area contributed by atoms with Crippen molar-refractivity contribution in [3.8, 4) is 6.07 Å². The molecule has 2 N–H and O–H groups in total. The lowest BCUT2D eigenvalue weighted by molar-refractivity contribution is 0.305. The molecule has 5 aliphatic rings. The fourth-order valence-corrected chi connectivity index (χ4v) is 15.7. The Hall–Kier alpha value is -2.47. The van der Waals surface area contributed by atoms with Crippen LogP contribution in [0.5, 0.6) is 0 Å². The van der Waals surface area contributed by atoms with Crippen molar-refractivity contribution in [2.75, 3.05) is 22.0 Å². The molecule has 2 aromatic carbocycles. The number of fused-ring (bicyclic) bond motifs is 3. The van der Waals surface area contributed by atoms with E-state index in [2.05, 4.69) is 55.1 Å². The molecule has 47 heavy (non-hydrogen) atoms. The first kappa shape index (κ1) is 33.0. The van der Waals surface area contributed by atoms with Crippen LogP contribution in [0.3, 0.4) is 0 Å². The van der Waals surface area contributed by atoms with Crippen LogP contribution < -0.4 is 18.6 Å². The van der Waals surface area contributed by atoms with Crippen molar-refractivity contribution in [1.29, 1.82) is 5.26 Å². The first-order chi connectivity index (χ1) is 22.0. The second-order valence-corrected chi connectivity index (χ2v) is 25.0. The number of sulfonamides is 1. The molecule has 0 aromatic heterocycles. The van der Waals surface area contributed by atoms with E-state index in [1.165, 1.54) is 4.31 Å². The van der Waals surface area contributed by atoms with Gasteiger partial charge in [-0.15, -0.1) is 0 Å². The maximum atomic E-state index is 14.7. The van der Waals surface area contributed by atoms with Crippen molar-refractivity contribution >= 4 is 39.7 Å². The molecule has 0 spiro atoms. The molecular formula is C34H47N5O5S2Si. The molecule has 2 aliphatic carbocycles. The van der Waals surface area contributed by atoms with Gasteiger partial charge in [0, 0.05) is 32.3 Å². The molecule has 13 heteroatoms. The Morgan fingerprint density at radius 2 is 1.60 bits per heavy atom. The SMILES string of the molecule is CN1c2cccc3c2[C@@](NS(=O)(=O)N[C@]24CCC[C@H]2N(S(=O)(=O)CC[Si](C)(C)C)c2ccccc24)(CCC[C@@H]3[C@H]2OC2(C)C)[C@H]1C#N. The van der Waals surface area contributed by atoms with Crippen LogP contribution in [-0.4, -0.2) is 61.5 Å². The van der Waals surface area contributed by atoms with Gasteiger partial charge in [0.2, 0.25) is 10.0 Å². The average Bonchev–Trinajstić information content (AvgIpc) is 3.23. The molecule has 3 heterocycles. The number of ether oxygens (including phenoxy) is 1. The van der Waals surface area contributed by atoms with Crippen LogP contribution in [-0.2, 0) is 36.0 Å². The number of hydrogen-bond acceptors (Lipinski definition) is 7. The minimum Gasteiger partial charge on any atom is -0.366 e. The molecule has 254 valence electrons. The third-order valence-corrected chi connectivity index (χ3v) is 16.5. The second kappa shape index (κ2) is 10.8. The van der Waals surface area contributed by atoms with Crippen LogP contribution in [0.4, 0.5) is 11.4 Å². The zero-order valence-corrected chi connectivity index (χ0v) is 30.8. The Labute approximate surface area is 281 Å². The zero-order chi connectivity index (χ0) is 33.8. The summed E-state index contributed by atoms with van der Waals surface area (Å²) in [7, 11) is -7.83. The van der Waals surface area contributed by atoms with Gasteiger partial charge in [0.1, 0.15) is 6.04 Å². The quantitative estimate of drug-likeness (QED) is 0.277. The lowest BCUT2D eigenvalue weighted by Crippen LogP contribution is -2.62. The number of nitriles is 1. The lowest BCUT2D eigenvalue weighted by atomic mass is 9.80. The van der Waals surface area contributed by atoms with E-state index in [1.54, 1.807) is 6.07 Å². The van der Waals surface area contributed by atoms with Gasteiger partial charge < -0.3 is 9.64 Å². The fraction of sp³-hybridized carbons (Fsp3) is 0.618. The van der Waals surface area contributed by atoms with Crippen molar-refractivity contribution in [2.24, 2.45) is 0 Å². The molecule has 3 aliphatic heterocycles. The predicted octanol–water partition coefficient (Wildman–Crippen LogP) is 5.03. The molecule has 0 amide bonds. The summed E-state index contributed by atoms with van der Waals surface area (Å²) in [6, 6.07) is 15.1. The third kappa shape index (κ3) is 5.17. The van der Waals surface area contributed by atoms with Crippen LogP contribution in [0.15, 0.2) is 42.5 Å². The first-order valence-corrected chi connectivity index (χ1v) is 23.6. The van der Waals surface area contributed by atoms with Gasteiger partial charge in [-0.1, -0.05) is 56.4 Å². The highest BCUT2D eigenvalue weighted by Gasteiger charge is 2.62. The van der Waals surface area contributed by atoms with Gasteiger partial charge in [-0.25, -0.2) is 8.42 Å².